The van der Waals surface area contributed by atoms with Crippen molar-refractivity contribution >= 4 is 18.3 Å². The van der Waals surface area contributed by atoms with E-state index in [1.54, 1.807) is 0 Å². The summed E-state index contributed by atoms with van der Waals surface area (Å²) in [6, 6.07) is 1.79. The lowest BCUT2D eigenvalue weighted by atomic mass is 9.85. The molecule has 5 heteroatoms. The summed E-state index contributed by atoms with van der Waals surface area (Å²) in [6.07, 6.45) is 7.17. The molecule has 4 nitrogen and oxygen atoms in total. The first-order chi connectivity index (χ1) is 8.24. The minimum atomic E-state index is -0.0203. The second-order valence-electron chi connectivity index (χ2n) is 6.27. The molecule has 2 bridgehead atoms. The second-order valence-corrected chi connectivity index (χ2v) is 6.27. The Kier molecular flexibility index (Phi) is 3.07. The molecule has 1 spiro atoms. The highest BCUT2D eigenvalue weighted by Gasteiger charge is 2.50. The summed E-state index contributed by atoms with van der Waals surface area (Å²) in [5.74, 6) is 0.212. The van der Waals surface area contributed by atoms with Crippen LogP contribution in [0.25, 0.3) is 0 Å². The Morgan fingerprint density at radius 2 is 1.83 bits per heavy atom. The third-order valence-electron chi connectivity index (χ3n) is 4.84. The highest BCUT2D eigenvalue weighted by atomic mass is 35.5. The molecule has 1 aliphatic carbocycles. The van der Waals surface area contributed by atoms with Crippen molar-refractivity contribution in [1.29, 1.82) is 0 Å². The van der Waals surface area contributed by atoms with Crippen LogP contribution in [0.4, 0.5) is 0 Å². The lowest BCUT2D eigenvalue weighted by Crippen LogP contribution is -2.61. The number of carbonyl (C=O) groups is 1. The van der Waals surface area contributed by atoms with Gasteiger partial charge in [-0.3, -0.25) is 4.79 Å². The molecule has 3 heterocycles. The maximum absolute atomic E-state index is 11.9. The molecule has 1 saturated carbocycles. The lowest BCUT2D eigenvalue weighted by Gasteiger charge is -2.47. The summed E-state index contributed by atoms with van der Waals surface area (Å²) in [4.78, 5) is 14.0. The lowest BCUT2D eigenvalue weighted by molar-refractivity contribution is -0.171. The van der Waals surface area contributed by atoms with Gasteiger partial charge in [-0.2, -0.15) is 0 Å². The summed E-state index contributed by atoms with van der Waals surface area (Å²) in [6.45, 7) is 1.17. The van der Waals surface area contributed by atoms with E-state index in [2.05, 4.69) is 10.2 Å². The van der Waals surface area contributed by atoms with E-state index < -0.39 is 0 Å². The molecule has 0 aromatic carbocycles. The van der Waals surface area contributed by atoms with E-state index >= 15 is 0 Å². The van der Waals surface area contributed by atoms with E-state index in [1.165, 1.54) is 25.7 Å². The normalized spacial score (nSPS) is 43.1. The van der Waals surface area contributed by atoms with Crippen molar-refractivity contribution in [3.8, 4) is 0 Å². The quantitative estimate of drug-likeness (QED) is 0.777. The number of ether oxygens (including phenoxy) is 1. The number of hydrogen-bond donors (Lipinski definition) is 1. The summed E-state index contributed by atoms with van der Waals surface area (Å²) in [5, 5.41) is 3.65. The number of halogens is 1. The molecule has 4 fully saturated rings. The Balaban J connectivity index is 0.000001000. The Morgan fingerprint density at radius 3 is 2.44 bits per heavy atom. The van der Waals surface area contributed by atoms with E-state index in [0.717, 1.165) is 19.4 Å². The van der Waals surface area contributed by atoms with Crippen molar-refractivity contribution in [2.24, 2.45) is 0 Å². The van der Waals surface area contributed by atoms with Crippen molar-refractivity contribution < 1.29 is 9.53 Å². The van der Waals surface area contributed by atoms with Crippen molar-refractivity contribution in [2.45, 2.75) is 62.3 Å². The largest absolute Gasteiger partial charge is 0.363 e. The number of fused-ring (bicyclic) bond motifs is 2. The number of nitrogens with zero attached hydrogens (tertiary/aromatic N) is 1. The van der Waals surface area contributed by atoms with Crippen molar-refractivity contribution in [3.05, 3.63) is 0 Å². The molecule has 18 heavy (non-hydrogen) atoms. The van der Waals surface area contributed by atoms with Crippen LogP contribution in [0.2, 0.25) is 0 Å². The Hall–Kier alpha value is -0.320. The number of rotatable bonds is 1. The average Bonchev–Trinajstić information content (AvgIpc) is 3.09. The molecular formula is C13H21ClN2O2. The molecule has 102 valence electrons. The van der Waals surface area contributed by atoms with E-state index in [9.17, 15) is 4.79 Å². The van der Waals surface area contributed by atoms with Gasteiger partial charge in [-0.05, 0) is 38.5 Å². The standard InChI is InChI=1S/C13H20N2O2.ClH/c16-12-7-17-13(8-15(12)11-3-4-11)5-9-1-2-10(6-13)14-9;/h9-11,14H,1-8H2;1H. The number of piperidine rings is 1. The fraction of sp³-hybridized carbons (Fsp3) is 0.923. The maximum atomic E-state index is 11.9. The average molecular weight is 273 g/mol. The van der Waals surface area contributed by atoms with Crippen LogP contribution in [0.5, 0.6) is 0 Å². The zero-order valence-electron chi connectivity index (χ0n) is 10.6. The first kappa shape index (κ1) is 12.7. The van der Waals surface area contributed by atoms with Crippen LogP contribution >= 0.6 is 12.4 Å². The van der Waals surface area contributed by atoms with Crippen molar-refractivity contribution in [2.75, 3.05) is 13.2 Å². The third-order valence-corrected chi connectivity index (χ3v) is 4.84. The zero-order chi connectivity index (χ0) is 11.5. The van der Waals surface area contributed by atoms with Crippen LogP contribution < -0.4 is 5.32 Å². The Morgan fingerprint density at radius 1 is 1.17 bits per heavy atom. The van der Waals surface area contributed by atoms with Crippen LogP contribution in [-0.4, -0.2) is 47.7 Å². The van der Waals surface area contributed by atoms with Gasteiger partial charge in [0, 0.05) is 18.1 Å². The second kappa shape index (κ2) is 4.36. The summed E-state index contributed by atoms with van der Waals surface area (Å²) in [7, 11) is 0. The van der Waals surface area contributed by atoms with E-state index in [0.29, 0.717) is 24.7 Å². The molecule has 3 aliphatic heterocycles. The summed E-state index contributed by atoms with van der Waals surface area (Å²) >= 11 is 0. The molecule has 0 radical (unpaired) electrons. The Labute approximate surface area is 114 Å². The van der Waals surface area contributed by atoms with Crippen LogP contribution in [0.1, 0.15) is 38.5 Å². The van der Waals surface area contributed by atoms with E-state index in [1.807, 2.05) is 0 Å². The molecule has 3 saturated heterocycles. The molecule has 2 atom stereocenters. The highest BCUT2D eigenvalue weighted by molar-refractivity contribution is 5.85. The van der Waals surface area contributed by atoms with Gasteiger partial charge in [-0.1, -0.05) is 0 Å². The monoisotopic (exact) mass is 272 g/mol. The van der Waals surface area contributed by atoms with Crippen molar-refractivity contribution in [3.63, 3.8) is 0 Å². The number of hydrogen-bond acceptors (Lipinski definition) is 3. The van der Waals surface area contributed by atoms with Gasteiger partial charge < -0.3 is 15.0 Å². The molecule has 0 aromatic rings. The van der Waals surface area contributed by atoms with Crippen LogP contribution in [-0.2, 0) is 9.53 Å². The first-order valence-electron chi connectivity index (χ1n) is 6.94. The van der Waals surface area contributed by atoms with Gasteiger partial charge in [0.25, 0.3) is 0 Å². The van der Waals surface area contributed by atoms with Gasteiger partial charge in [0.1, 0.15) is 6.61 Å². The van der Waals surface area contributed by atoms with Gasteiger partial charge in [0.05, 0.1) is 12.1 Å². The minimum Gasteiger partial charge on any atom is -0.363 e. The van der Waals surface area contributed by atoms with Crippen LogP contribution in [0.15, 0.2) is 0 Å². The molecule has 1 N–H and O–H groups in total. The number of nitrogens with one attached hydrogen (secondary N) is 1. The highest BCUT2D eigenvalue weighted by Crippen LogP contribution is 2.41. The molecule has 1 amide bonds. The molecule has 4 aliphatic rings. The minimum absolute atomic E-state index is 0. The fourth-order valence-corrected chi connectivity index (χ4v) is 3.91. The smallest absolute Gasteiger partial charge is 0.248 e. The van der Waals surface area contributed by atoms with Crippen molar-refractivity contribution in [1.82, 2.24) is 10.2 Å². The Bertz CT molecular complexity index is 347. The van der Waals surface area contributed by atoms with Gasteiger partial charge in [0.2, 0.25) is 5.91 Å². The fourth-order valence-electron chi connectivity index (χ4n) is 3.91. The maximum Gasteiger partial charge on any atom is 0.248 e. The van der Waals surface area contributed by atoms with Crippen LogP contribution in [0, 0.1) is 0 Å². The molecule has 0 aromatic heterocycles. The van der Waals surface area contributed by atoms with Gasteiger partial charge >= 0.3 is 0 Å². The van der Waals surface area contributed by atoms with E-state index in [-0.39, 0.29) is 23.9 Å². The van der Waals surface area contributed by atoms with Gasteiger partial charge in [0.15, 0.2) is 0 Å². The number of morpholine rings is 1. The molecule has 2 unspecified atom stereocenters. The zero-order valence-corrected chi connectivity index (χ0v) is 11.4. The SMILES string of the molecule is Cl.O=C1COC2(CC3CCC(C2)N3)CN1C1CC1. The molecular weight excluding hydrogens is 252 g/mol. The third kappa shape index (κ3) is 2.04. The molecule has 4 rings (SSSR count). The van der Waals surface area contributed by atoms with E-state index in [4.69, 9.17) is 4.74 Å². The topological polar surface area (TPSA) is 41.6 Å². The summed E-state index contributed by atoms with van der Waals surface area (Å²) in [5.41, 5.74) is -0.0203. The predicted molar refractivity (Wildman–Crippen MR) is 69.8 cm³/mol. The summed E-state index contributed by atoms with van der Waals surface area (Å²) < 4.78 is 5.98. The first-order valence-corrected chi connectivity index (χ1v) is 6.94. The number of amides is 1. The van der Waals surface area contributed by atoms with Gasteiger partial charge in [-0.25, -0.2) is 0 Å². The van der Waals surface area contributed by atoms with Crippen LogP contribution in [0.3, 0.4) is 0 Å². The number of carbonyl (C=O) groups excluding carboxylic acids is 1. The van der Waals surface area contributed by atoms with Gasteiger partial charge in [-0.15, -0.1) is 12.4 Å². The predicted octanol–water partition coefficient (Wildman–Crippen LogP) is 1.08.